The molecule has 3 nitrogen and oxygen atoms in total. The summed E-state index contributed by atoms with van der Waals surface area (Å²) in [7, 11) is 3.48. The maximum absolute atomic E-state index is 13.0. The number of benzene rings is 1. The van der Waals surface area contributed by atoms with Gasteiger partial charge in [0.2, 0.25) is 5.91 Å². The second-order valence-electron chi connectivity index (χ2n) is 5.53. The Morgan fingerprint density at radius 1 is 1.40 bits per heavy atom. The average molecular weight is 301 g/mol. The van der Waals surface area contributed by atoms with Crippen LogP contribution in [-0.2, 0) is 11.3 Å². The molecule has 1 rings (SSSR count). The van der Waals surface area contributed by atoms with Crippen LogP contribution in [0.15, 0.2) is 18.2 Å². The lowest BCUT2D eigenvalue weighted by Crippen LogP contribution is -2.44. The summed E-state index contributed by atoms with van der Waals surface area (Å²) in [5, 5.41) is 3.58. The number of hydrogen-bond donors (Lipinski definition) is 1. The van der Waals surface area contributed by atoms with Crippen molar-refractivity contribution in [1.29, 1.82) is 0 Å². The van der Waals surface area contributed by atoms with Gasteiger partial charge in [-0.15, -0.1) is 0 Å². The van der Waals surface area contributed by atoms with Gasteiger partial charge in [0.25, 0.3) is 0 Å². The summed E-state index contributed by atoms with van der Waals surface area (Å²) >= 11 is 5.99. The molecule has 5 heteroatoms. The van der Waals surface area contributed by atoms with Crippen molar-refractivity contribution < 1.29 is 9.18 Å². The van der Waals surface area contributed by atoms with Crippen LogP contribution in [0.25, 0.3) is 0 Å². The van der Waals surface area contributed by atoms with E-state index in [4.69, 9.17) is 11.6 Å². The van der Waals surface area contributed by atoms with Crippen molar-refractivity contribution in [2.75, 3.05) is 14.1 Å². The van der Waals surface area contributed by atoms with Crippen molar-refractivity contribution in [3.63, 3.8) is 0 Å². The van der Waals surface area contributed by atoms with Gasteiger partial charge >= 0.3 is 0 Å². The smallest absolute Gasteiger partial charge is 0.239 e. The lowest BCUT2D eigenvalue weighted by Gasteiger charge is -2.23. The number of hydrogen-bond acceptors (Lipinski definition) is 2. The van der Waals surface area contributed by atoms with E-state index >= 15 is 0 Å². The molecule has 0 aliphatic heterocycles. The van der Waals surface area contributed by atoms with Gasteiger partial charge in [-0.1, -0.05) is 31.5 Å². The fourth-order valence-corrected chi connectivity index (χ4v) is 2.19. The van der Waals surface area contributed by atoms with E-state index in [-0.39, 0.29) is 17.8 Å². The van der Waals surface area contributed by atoms with Crippen LogP contribution >= 0.6 is 11.6 Å². The summed E-state index contributed by atoms with van der Waals surface area (Å²) in [5.74, 6) is 0.0823. The molecular formula is C15H22ClFN2O. The number of halogens is 2. The van der Waals surface area contributed by atoms with Crippen LogP contribution in [0, 0.1) is 11.7 Å². The van der Waals surface area contributed by atoms with Crippen LogP contribution in [0.5, 0.6) is 0 Å². The van der Waals surface area contributed by atoms with E-state index in [1.807, 2.05) is 0 Å². The first-order chi connectivity index (χ1) is 9.31. The molecule has 0 saturated heterocycles. The predicted molar refractivity (Wildman–Crippen MR) is 80.2 cm³/mol. The molecule has 0 bridgehead atoms. The van der Waals surface area contributed by atoms with Gasteiger partial charge in [0.15, 0.2) is 0 Å². The molecule has 20 heavy (non-hydrogen) atoms. The molecule has 0 aliphatic carbocycles. The van der Waals surface area contributed by atoms with Crippen LogP contribution in [0.3, 0.4) is 0 Å². The Balaban J connectivity index is 2.72. The van der Waals surface area contributed by atoms with Crippen LogP contribution < -0.4 is 5.32 Å². The van der Waals surface area contributed by atoms with Gasteiger partial charge in [0.05, 0.1) is 6.04 Å². The number of nitrogens with zero attached hydrogens (tertiary/aromatic N) is 1. The summed E-state index contributed by atoms with van der Waals surface area (Å²) in [5.41, 5.74) is 0.786. The normalized spacial score (nSPS) is 12.6. The molecule has 1 atom stereocenters. The zero-order valence-corrected chi connectivity index (χ0v) is 13.2. The third-order valence-electron chi connectivity index (χ3n) is 3.00. The van der Waals surface area contributed by atoms with Crippen LogP contribution in [0.2, 0.25) is 5.02 Å². The average Bonchev–Trinajstić information content (AvgIpc) is 2.34. The van der Waals surface area contributed by atoms with E-state index in [2.05, 4.69) is 19.2 Å². The second kappa shape index (κ2) is 7.60. The largest absolute Gasteiger partial charge is 0.347 e. The summed E-state index contributed by atoms with van der Waals surface area (Å²) < 4.78 is 13.0. The van der Waals surface area contributed by atoms with Gasteiger partial charge in [-0.2, -0.15) is 0 Å². The minimum absolute atomic E-state index is 0.0388. The molecule has 0 heterocycles. The standard InChI is InChI=1S/C15H22ClFN2O/c1-10(2)7-14(15(20)19(3)4)18-9-11-5-6-12(17)8-13(11)16/h5-6,8,10,14,18H,7,9H2,1-4H3. The van der Waals surface area contributed by atoms with E-state index in [1.165, 1.54) is 12.1 Å². The Bertz CT molecular complexity index is 463. The van der Waals surface area contributed by atoms with E-state index in [9.17, 15) is 9.18 Å². The maximum atomic E-state index is 13.0. The Hall–Kier alpha value is -1.13. The van der Waals surface area contributed by atoms with Crippen molar-refractivity contribution in [1.82, 2.24) is 10.2 Å². The van der Waals surface area contributed by atoms with E-state index in [1.54, 1.807) is 25.1 Å². The SMILES string of the molecule is CC(C)CC(NCc1ccc(F)cc1Cl)C(=O)N(C)C. The van der Waals surface area contributed by atoms with Gasteiger partial charge in [-0.05, 0) is 30.0 Å². The lowest BCUT2D eigenvalue weighted by atomic mass is 10.0. The molecule has 1 amide bonds. The minimum atomic E-state index is -0.359. The van der Waals surface area contributed by atoms with Gasteiger partial charge in [0, 0.05) is 25.7 Å². The zero-order chi connectivity index (χ0) is 15.3. The number of likely N-dealkylation sites (N-methyl/N-ethyl adjacent to an activating group) is 1. The van der Waals surface area contributed by atoms with Gasteiger partial charge in [-0.3, -0.25) is 4.79 Å². The first kappa shape index (κ1) is 16.9. The number of carbonyl (C=O) groups is 1. The first-order valence-corrected chi connectivity index (χ1v) is 7.07. The predicted octanol–water partition coefficient (Wildman–Crippen LogP) is 3.07. The van der Waals surface area contributed by atoms with Crippen molar-refractivity contribution in [3.8, 4) is 0 Å². The summed E-state index contributed by atoms with van der Waals surface area (Å²) in [6.45, 7) is 4.58. The number of nitrogens with one attached hydrogen (secondary N) is 1. The Kier molecular flexibility index (Phi) is 6.43. The van der Waals surface area contributed by atoms with Crippen LogP contribution in [-0.4, -0.2) is 30.9 Å². The lowest BCUT2D eigenvalue weighted by molar-refractivity contribution is -0.131. The molecule has 1 N–H and O–H groups in total. The third kappa shape index (κ3) is 5.10. The fourth-order valence-electron chi connectivity index (χ4n) is 1.95. The highest BCUT2D eigenvalue weighted by molar-refractivity contribution is 6.31. The van der Waals surface area contributed by atoms with Crippen molar-refractivity contribution >= 4 is 17.5 Å². The van der Waals surface area contributed by atoms with E-state index in [0.29, 0.717) is 17.5 Å². The molecular weight excluding hydrogens is 279 g/mol. The summed E-state index contributed by atoms with van der Waals surface area (Å²) in [4.78, 5) is 13.7. The van der Waals surface area contributed by atoms with E-state index < -0.39 is 0 Å². The maximum Gasteiger partial charge on any atom is 0.239 e. The van der Waals surface area contributed by atoms with Gasteiger partial charge in [0.1, 0.15) is 5.82 Å². The molecule has 0 spiro atoms. The molecule has 0 saturated carbocycles. The topological polar surface area (TPSA) is 32.3 Å². The third-order valence-corrected chi connectivity index (χ3v) is 3.35. The monoisotopic (exact) mass is 300 g/mol. The summed E-state index contributed by atoms with van der Waals surface area (Å²) in [6, 6.07) is 4.03. The highest BCUT2D eigenvalue weighted by Gasteiger charge is 2.21. The molecule has 112 valence electrons. The molecule has 1 unspecified atom stereocenters. The van der Waals surface area contributed by atoms with Crippen molar-refractivity contribution in [3.05, 3.63) is 34.6 Å². The minimum Gasteiger partial charge on any atom is -0.347 e. The number of rotatable bonds is 6. The molecule has 1 aromatic rings. The summed E-state index contributed by atoms with van der Waals surface area (Å²) in [6.07, 6.45) is 0.746. The quantitative estimate of drug-likeness (QED) is 0.875. The highest BCUT2D eigenvalue weighted by atomic mass is 35.5. The van der Waals surface area contributed by atoms with Crippen molar-refractivity contribution in [2.45, 2.75) is 32.9 Å². The van der Waals surface area contributed by atoms with Crippen molar-refractivity contribution in [2.24, 2.45) is 5.92 Å². The molecule has 0 radical (unpaired) electrons. The zero-order valence-electron chi connectivity index (χ0n) is 12.4. The Labute approximate surface area is 125 Å². The highest BCUT2D eigenvalue weighted by Crippen LogP contribution is 2.17. The fraction of sp³-hybridized carbons (Fsp3) is 0.533. The first-order valence-electron chi connectivity index (χ1n) is 6.69. The Morgan fingerprint density at radius 3 is 2.55 bits per heavy atom. The molecule has 0 aromatic heterocycles. The number of carbonyl (C=O) groups excluding carboxylic acids is 1. The van der Waals surface area contributed by atoms with E-state index in [0.717, 1.165) is 12.0 Å². The van der Waals surface area contributed by atoms with Gasteiger partial charge < -0.3 is 10.2 Å². The second-order valence-corrected chi connectivity index (χ2v) is 5.94. The van der Waals surface area contributed by atoms with Crippen LogP contribution in [0.1, 0.15) is 25.8 Å². The number of amides is 1. The molecule has 1 aromatic carbocycles. The molecule has 0 fully saturated rings. The van der Waals surface area contributed by atoms with Crippen LogP contribution in [0.4, 0.5) is 4.39 Å². The Morgan fingerprint density at radius 2 is 2.05 bits per heavy atom. The van der Waals surface area contributed by atoms with Gasteiger partial charge in [-0.25, -0.2) is 4.39 Å². The molecule has 0 aliphatic rings.